The number of benzene rings is 1. The van der Waals surface area contributed by atoms with Crippen LogP contribution in [0.5, 0.6) is 0 Å². The van der Waals surface area contributed by atoms with Crippen LogP contribution in [0.3, 0.4) is 0 Å². The summed E-state index contributed by atoms with van der Waals surface area (Å²) in [5.74, 6) is 0.803. The van der Waals surface area contributed by atoms with Crippen LogP contribution >= 0.6 is 11.6 Å². The predicted molar refractivity (Wildman–Crippen MR) is 105 cm³/mol. The first kappa shape index (κ1) is 17.7. The minimum Gasteiger partial charge on any atom is -0.351 e. The lowest BCUT2D eigenvalue weighted by Gasteiger charge is -2.28. The SMILES string of the molecule is O=C(NCc1ccnc(-n2cccn2)c1)C1(c2cccc(Cl)c2)CCCC1. The first-order chi connectivity index (χ1) is 13.2. The summed E-state index contributed by atoms with van der Waals surface area (Å²) >= 11 is 6.18. The van der Waals surface area contributed by atoms with E-state index in [4.69, 9.17) is 11.6 Å². The van der Waals surface area contributed by atoms with E-state index in [1.54, 1.807) is 17.1 Å². The molecular formula is C21H21ClN4O. The molecule has 1 N–H and O–H groups in total. The van der Waals surface area contributed by atoms with Crippen LogP contribution in [-0.4, -0.2) is 20.7 Å². The fraction of sp³-hybridized carbons (Fsp3) is 0.286. The highest BCUT2D eigenvalue weighted by Gasteiger charge is 2.42. The van der Waals surface area contributed by atoms with Crippen molar-refractivity contribution in [3.8, 4) is 5.82 Å². The Morgan fingerprint density at radius 3 is 2.74 bits per heavy atom. The van der Waals surface area contributed by atoms with Gasteiger partial charge in [0.1, 0.15) is 0 Å². The van der Waals surface area contributed by atoms with Gasteiger partial charge in [-0.2, -0.15) is 5.10 Å². The molecule has 1 amide bonds. The van der Waals surface area contributed by atoms with Crippen molar-refractivity contribution in [2.75, 3.05) is 0 Å². The third-order valence-corrected chi connectivity index (χ3v) is 5.51. The zero-order valence-corrected chi connectivity index (χ0v) is 15.7. The standard InChI is InChI=1S/C21H21ClN4O/c22-18-6-3-5-17(14-18)21(8-1-2-9-21)20(27)24-15-16-7-11-23-19(13-16)26-12-4-10-25-26/h3-7,10-14H,1-2,8-9,15H2,(H,24,27). The number of carbonyl (C=O) groups excluding carboxylic acids is 1. The van der Waals surface area contributed by atoms with Gasteiger partial charge in [0, 0.05) is 30.2 Å². The molecule has 2 heterocycles. The third kappa shape index (κ3) is 3.60. The van der Waals surface area contributed by atoms with Crippen molar-refractivity contribution in [2.24, 2.45) is 0 Å². The van der Waals surface area contributed by atoms with E-state index < -0.39 is 5.41 Å². The molecule has 0 saturated heterocycles. The van der Waals surface area contributed by atoms with E-state index in [1.807, 2.05) is 48.7 Å². The van der Waals surface area contributed by atoms with Crippen molar-refractivity contribution in [2.45, 2.75) is 37.6 Å². The molecule has 3 aromatic rings. The van der Waals surface area contributed by atoms with Crippen LogP contribution < -0.4 is 5.32 Å². The van der Waals surface area contributed by atoms with Crippen LogP contribution in [0.15, 0.2) is 61.1 Å². The minimum absolute atomic E-state index is 0.0692. The third-order valence-electron chi connectivity index (χ3n) is 5.27. The minimum atomic E-state index is -0.483. The number of hydrogen-bond acceptors (Lipinski definition) is 3. The summed E-state index contributed by atoms with van der Waals surface area (Å²) in [7, 11) is 0. The molecule has 1 fully saturated rings. The number of aromatic nitrogens is 3. The smallest absolute Gasteiger partial charge is 0.230 e. The average molecular weight is 381 g/mol. The van der Waals surface area contributed by atoms with E-state index >= 15 is 0 Å². The second-order valence-electron chi connectivity index (χ2n) is 6.96. The average Bonchev–Trinajstić information content (AvgIpc) is 3.39. The molecule has 1 saturated carbocycles. The van der Waals surface area contributed by atoms with Crippen LogP contribution in [0.4, 0.5) is 0 Å². The normalized spacial score (nSPS) is 15.6. The van der Waals surface area contributed by atoms with E-state index in [1.165, 1.54) is 0 Å². The van der Waals surface area contributed by atoms with Crippen molar-refractivity contribution < 1.29 is 4.79 Å². The Morgan fingerprint density at radius 1 is 1.15 bits per heavy atom. The summed E-state index contributed by atoms with van der Waals surface area (Å²) < 4.78 is 1.70. The fourth-order valence-corrected chi connectivity index (χ4v) is 4.05. The molecule has 0 radical (unpaired) electrons. The van der Waals surface area contributed by atoms with Gasteiger partial charge in [-0.1, -0.05) is 36.6 Å². The molecule has 138 valence electrons. The maximum Gasteiger partial charge on any atom is 0.230 e. The van der Waals surface area contributed by atoms with Crippen LogP contribution in [0.1, 0.15) is 36.8 Å². The molecule has 1 aliphatic rings. The van der Waals surface area contributed by atoms with Gasteiger partial charge in [-0.15, -0.1) is 0 Å². The van der Waals surface area contributed by atoms with Crippen LogP contribution in [0.25, 0.3) is 5.82 Å². The molecule has 0 unspecified atom stereocenters. The summed E-state index contributed by atoms with van der Waals surface area (Å²) in [6.45, 7) is 0.456. The zero-order valence-electron chi connectivity index (χ0n) is 14.9. The molecule has 0 aliphatic heterocycles. The molecule has 1 aromatic carbocycles. The first-order valence-corrected chi connectivity index (χ1v) is 9.54. The molecule has 0 spiro atoms. The van der Waals surface area contributed by atoms with Crippen LogP contribution in [-0.2, 0) is 16.8 Å². The maximum absolute atomic E-state index is 13.2. The highest BCUT2D eigenvalue weighted by atomic mass is 35.5. The monoisotopic (exact) mass is 380 g/mol. The topological polar surface area (TPSA) is 59.8 Å². The van der Waals surface area contributed by atoms with E-state index in [2.05, 4.69) is 15.4 Å². The Hall–Kier alpha value is -2.66. The number of nitrogens with one attached hydrogen (secondary N) is 1. The van der Waals surface area contributed by atoms with Gasteiger partial charge in [-0.3, -0.25) is 4.79 Å². The maximum atomic E-state index is 13.2. The summed E-state index contributed by atoms with van der Waals surface area (Å²) in [5.41, 5.74) is 1.52. The second-order valence-corrected chi connectivity index (χ2v) is 7.39. The van der Waals surface area contributed by atoms with Gasteiger partial charge >= 0.3 is 0 Å². The molecule has 1 aliphatic carbocycles. The van der Waals surface area contributed by atoms with Gasteiger partial charge in [0.15, 0.2) is 5.82 Å². The number of pyridine rings is 1. The van der Waals surface area contributed by atoms with Gasteiger partial charge < -0.3 is 5.32 Å². The first-order valence-electron chi connectivity index (χ1n) is 9.17. The van der Waals surface area contributed by atoms with Gasteiger partial charge in [0.05, 0.1) is 5.41 Å². The van der Waals surface area contributed by atoms with Gasteiger partial charge in [0.2, 0.25) is 5.91 Å². The Morgan fingerprint density at radius 2 is 2.00 bits per heavy atom. The van der Waals surface area contributed by atoms with Crippen LogP contribution in [0, 0.1) is 0 Å². The van der Waals surface area contributed by atoms with E-state index in [-0.39, 0.29) is 5.91 Å². The Kier molecular flexibility index (Phi) is 4.94. The van der Waals surface area contributed by atoms with Crippen molar-refractivity contribution in [1.82, 2.24) is 20.1 Å². The number of rotatable bonds is 5. The largest absolute Gasteiger partial charge is 0.351 e. The Balaban J connectivity index is 1.52. The van der Waals surface area contributed by atoms with Crippen LogP contribution in [0.2, 0.25) is 5.02 Å². The summed E-state index contributed by atoms with van der Waals surface area (Å²) in [5, 5.41) is 8.00. The lowest BCUT2D eigenvalue weighted by molar-refractivity contribution is -0.126. The lowest BCUT2D eigenvalue weighted by Crippen LogP contribution is -2.42. The molecule has 27 heavy (non-hydrogen) atoms. The quantitative estimate of drug-likeness (QED) is 0.726. The summed E-state index contributed by atoms with van der Waals surface area (Å²) in [6.07, 6.45) is 9.11. The predicted octanol–water partition coefficient (Wildman–Crippen LogP) is 4.05. The molecule has 5 nitrogen and oxygen atoms in total. The summed E-state index contributed by atoms with van der Waals surface area (Å²) in [6, 6.07) is 13.4. The van der Waals surface area contributed by atoms with Gasteiger partial charge in [-0.05, 0) is 54.3 Å². The molecule has 6 heteroatoms. The van der Waals surface area contributed by atoms with Crippen molar-refractivity contribution in [3.63, 3.8) is 0 Å². The van der Waals surface area contributed by atoms with E-state index in [0.29, 0.717) is 11.6 Å². The van der Waals surface area contributed by atoms with Crippen molar-refractivity contribution >= 4 is 17.5 Å². The molecular weight excluding hydrogens is 360 g/mol. The molecule has 0 bridgehead atoms. The number of amides is 1. The number of carbonyl (C=O) groups is 1. The Labute approximate surface area is 163 Å². The Bertz CT molecular complexity index is 933. The number of nitrogens with zero attached hydrogens (tertiary/aromatic N) is 3. The van der Waals surface area contributed by atoms with Crippen molar-refractivity contribution in [3.05, 3.63) is 77.2 Å². The zero-order chi connectivity index (χ0) is 18.7. The molecule has 0 atom stereocenters. The fourth-order valence-electron chi connectivity index (χ4n) is 3.86. The van der Waals surface area contributed by atoms with E-state index in [9.17, 15) is 4.79 Å². The van der Waals surface area contributed by atoms with Gasteiger partial charge in [-0.25, -0.2) is 9.67 Å². The number of halogens is 1. The highest BCUT2D eigenvalue weighted by molar-refractivity contribution is 6.30. The molecule has 2 aromatic heterocycles. The van der Waals surface area contributed by atoms with Crippen molar-refractivity contribution in [1.29, 1.82) is 0 Å². The van der Waals surface area contributed by atoms with E-state index in [0.717, 1.165) is 42.6 Å². The molecule has 4 rings (SSSR count). The lowest BCUT2D eigenvalue weighted by atomic mass is 9.78. The summed E-state index contributed by atoms with van der Waals surface area (Å²) in [4.78, 5) is 17.5. The van der Waals surface area contributed by atoms with Gasteiger partial charge in [0.25, 0.3) is 0 Å². The second kappa shape index (κ2) is 7.53. The number of hydrogen-bond donors (Lipinski definition) is 1. The highest BCUT2D eigenvalue weighted by Crippen LogP contribution is 2.42.